The van der Waals surface area contributed by atoms with Gasteiger partial charge in [-0.05, 0) is 24.1 Å². The molecule has 4 nitrogen and oxygen atoms in total. The fourth-order valence-corrected chi connectivity index (χ4v) is 2.10. The molecule has 2 N–H and O–H groups in total. The number of anilines is 1. The summed E-state index contributed by atoms with van der Waals surface area (Å²) in [5.41, 5.74) is 1.84. The third-order valence-electron chi connectivity index (χ3n) is 3.03. The molecule has 0 saturated carbocycles. The molecule has 1 aromatic carbocycles. The highest BCUT2D eigenvalue weighted by Crippen LogP contribution is 2.27. The van der Waals surface area contributed by atoms with Gasteiger partial charge < -0.3 is 15.2 Å². The fraction of sp³-hybridized carbons (Fsp3) is 0.438. The predicted octanol–water partition coefficient (Wildman–Crippen LogP) is 2.91. The lowest BCUT2D eigenvalue weighted by Gasteiger charge is -2.21. The van der Waals surface area contributed by atoms with Crippen molar-refractivity contribution in [3.8, 4) is 0 Å². The highest BCUT2D eigenvalue weighted by atomic mass is 16.5. The molecule has 0 saturated heterocycles. The van der Waals surface area contributed by atoms with Gasteiger partial charge in [-0.25, -0.2) is 0 Å². The molecule has 4 heteroatoms. The number of nitrogens with one attached hydrogen (secondary N) is 1. The van der Waals surface area contributed by atoms with Crippen LogP contribution in [0.1, 0.15) is 31.9 Å². The third kappa shape index (κ3) is 5.15. The number of hydrogen-bond acceptors (Lipinski definition) is 3. The van der Waals surface area contributed by atoms with Gasteiger partial charge in [-0.2, -0.15) is 0 Å². The normalized spacial score (nSPS) is 14.2. The van der Waals surface area contributed by atoms with Crippen LogP contribution in [-0.2, 0) is 9.53 Å². The molecule has 2 atom stereocenters. The number of hydrogen-bond donors (Lipinski definition) is 2. The van der Waals surface area contributed by atoms with Gasteiger partial charge in [-0.1, -0.05) is 31.2 Å². The van der Waals surface area contributed by atoms with E-state index in [1.807, 2.05) is 36.4 Å². The molecule has 1 amide bonds. The molecular formula is C16H23NO3. The van der Waals surface area contributed by atoms with Crippen LogP contribution in [0.15, 0.2) is 36.4 Å². The summed E-state index contributed by atoms with van der Waals surface area (Å²) in [5.74, 6) is 0.125. The topological polar surface area (TPSA) is 58.6 Å². The number of carbonyl (C=O) groups is 1. The Morgan fingerprint density at radius 3 is 2.55 bits per heavy atom. The van der Waals surface area contributed by atoms with E-state index in [1.54, 1.807) is 7.11 Å². The van der Waals surface area contributed by atoms with Gasteiger partial charge in [-0.3, -0.25) is 4.79 Å². The molecule has 20 heavy (non-hydrogen) atoms. The van der Waals surface area contributed by atoms with Crippen molar-refractivity contribution in [2.45, 2.75) is 26.4 Å². The van der Waals surface area contributed by atoms with Crippen molar-refractivity contribution >= 4 is 11.6 Å². The highest BCUT2D eigenvalue weighted by molar-refractivity contribution is 5.88. The summed E-state index contributed by atoms with van der Waals surface area (Å²) in [6, 6.07) is 7.64. The summed E-state index contributed by atoms with van der Waals surface area (Å²) >= 11 is 0. The summed E-state index contributed by atoms with van der Waals surface area (Å²) in [5, 5.41) is 11.5. The molecule has 0 aliphatic rings. The van der Waals surface area contributed by atoms with Gasteiger partial charge in [0.15, 0.2) is 0 Å². The zero-order valence-electron chi connectivity index (χ0n) is 12.3. The van der Waals surface area contributed by atoms with Crippen LogP contribution in [-0.4, -0.2) is 24.7 Å². The monoisotopic (exact) mass is 277 g/mol. The van der Waals surface area contributed by atoms with E-state index in [1.165, 1.54) is 6.92 Å². The van der Waals surface area contributed by atoms with E-state index in [9.17, 15) is 4.79 Å². The third-order valence-corrected chi connectivity index (χ3v) is 3.03. The second-order valence-electron chi connectivity index (χ2n) is 4.76. The van der Waals surface area contributed by atoms with Gasteiger partial charge in [0.1, 0.15) is 0 Å². The zero-order chi connectivity index (χ0) is 15.0. The molecule has 0 unspecified atom stereocenters. The first-order valence-corrected chi connectivity index (χ1v) is 6.76. The van der Waals surface area contributed by atoms with Crippen molar-refractivity contribution in [1.82, 2.24) is 0 Å². The molecule has 0 aliphatic heterocycles. The van der Waals surface area contributed by atoms with Crippen LogP contribution in [0.5, 0.6) is 0 Å². The Morgan fingerprint density at radius 2 is 2.05 bits per heavy atom. The first-order valence-electron chi connectivity index (χ1n) is 6.76. The van der Waals surface area contributed by atoms with Gasteiger partial charge in [0.25, 0.3) is 0 Å². The number of aliphatic hydroxyl groups excluding tert-OH is 1. The molecule has 0 bridgehead atoms. The SMILES string of the molecule is CO[C@@H](c1ccc(NC(C)=O)cc1)[C@@H](C)/C=C/CCO. The number of methoxy groups -OCH3 is 1. The zero-order valence-corrected chi connectivity index (χ0v) is 12.3. The summed E-state index contributed by atoms with van der Waals surface area (Å²) < 4.78 is 5.55. The molecule has 1 rings (SSSR count). The lowest BCUT2D eigenvalue weighted by molar-refractivity contribution is -0.114. The largest absolute Gasteiger partial charge is 0.396 e. The van der Waals surface area contributed by atoms with E-state index in [2.05, 4.69) is 12.2 Å². The Balaban J connectivity index is 2.76. The smallest absolute Gasteiger partial charge is 0.221 e. The molecule has 110 valence electrons. The van der Waals surface area contributed by atoms with Gasteiger partial charge in [0.2, 0.25) is 5.91 Å². The number of rotatable bonds is 7. The van der Waals surface area contributed by atoms with Crippen molar-refractivity contribution in [3.63, 3.8) is 0 Å². The number of carbonyl (C=O) groups excluding carboxylic acids is 1. The van der Waals surface area contributed by atoms with Crippen LogP contribution >= 0.6 is 0 Å². The van der Waals surface area contributed by atoms with E-state index in [-0.39, 0.29) is 24.5 Å². The fourth-order valence-electron chi connectivity index (χ4n) is 2.10. The quantitative estimate of drug-likeness (QED) is 0.753. The van der Waals surface area contributed by atoms with Crippen LogP contribution in [0.25, 0.3) is 0 Å². The van der Waals surface area contributed by atoms with Gasteiger partial charge in [-0.15, -0.1) is 0 Å². The maximum Gasteiger partial charge on any atom is 0.221 e. The average Bonchev–Trinajstić information content (AvgIpc) is 2.41. The molecule has 0 heterocycles. The second kappa shape index (κ2) is 8.51. The molecule has 1 aromatic rings. The molecule has 0 spiro atoms. The summed E-state index contributed by atoms with van der Waals surface area (Å²) in [6.45, 7) is 3.72. The standard InChI is InChI=1S/C16H23NO3/c1-12(6-4-5-11-18)16(20-3)14-7-9-15(10-8-14)17-13(2)19/h4,6-10,12,16,18H,5,11H2,1-3H3,(H,17,19)/b6-4+/t12-,16+/m0/s1. The minimum absolute atomic E-state index is 0.0451. The molecule has 0 radical (unpaired) electrons. The molecule has 0 aromatic heterocycles. The molecular weight excluding hydrogens is 254 g/mol. The van der Waals surface area contributed by atoms with Crippen LogP contribution < -0.4 is 5.32 Å². The Labute approximate surface area is 120 Å². The Hall–Kier alpha value is -1.65. The second-order valence-corrected chi connectivity index (χ2v) is 4.76. The highest BCUT2D eigenvalue weighted by Gasteiger charge is 2.16. The maximum atomic E-state index is 11.0. The van der Waals surface area contributed by atoms with E-state index >= 15 is 0 Å². The predicted molar refractivity (Wildman–Crippen MR) is 80.5 cm³/mol. The van der Waals surface area contributed by atoms with Crippen LogP contribution in [0, 0.1) is 5.92 Å². The van der Waals surface area contributed by atoms with Gasteiger partial charge in [0, 0.05) is 32.2 Å². The lowest BCUT2D eigenvalue weighted by Crippen LogP contribution is -2.11. The summed E-state index contributed by atoms with van der Waals surface area (Å²) in [6.07, 6.45) is 4.62. The van der Waals surface area contributed by atoms with Crippen LogP contribution in [0.4, 0.5) is 5.69 Å². The minimum atomic E-state index is -0.0821. The first-order chi connectivity index (χ1) is 9.58. The maximum absolute atomic E-state index is 11.0. The van der Waals surface area contributed by atoms with Crippen molar-refractivity contribution in [2.75, 3.05) is 19.0 Å². The Kier molecular flexibility index (Phi) is 6.98. The van der Waals surface area contributed by atoms with Gasteiger partial charge >= 0.3 is 0 Å². The molecule has 0 aliphatic carbocycles. The minimum Gasteiger partial charge on any atom is -0.396 e. The Morgan fingerprint density at radius 1 is 1.40 bits per heavy atom. The van der Waals surface area contributed by atoms with Crippen molar-refractivity contribution in [2.24, 2.45) is 5.92 Å². The lowest BCUT2D eigenvalue weighted by atomic mass is 9.96. The van der Waals surface area contributed by atoms with E-state index in [4.69, 9.17) is 9.84 Å². The van der Waals surface area contributed by atoms with Gasteiger partial charge in [0.05, 0.1) is 6.10 Å². The van der Waals surface area contributed by atoms with E-state index in [0.717, 1.165) is 11.3 Å². The Bertz CT molecular complexity index is 440. The summed E-state index contributed by atoms with van der Waals surface area (Å²) in [7, 11) is 1.68. The van der Waals surface area contributed by atoms with Crippen molar-refractivity contribution in [1.29, 1.82) is 0 Å². The number of aliphatic hydroxyl groups is 1. The number of benzene rings is 1. The molecule has 0 fully saturated rings. The van der Waals surface area contributed by atoms with Crippen molar-refractivity contribution in [3.05, 3.63) is 42.0 Å². The summed E-state index contributed by atoms with van der Waals surface area (Å²) in [4.78, 5) is 11.0. The van der Waals surface area contributed by atoms with E-state index < -0.39 is 0 Å². The number of ether oxygens (including phenoxy) is 1. The first kappa shape index (κ1) is 16.4. The average molecular weight is 277 g/mol. The van der Waals surface area contributed by atoms with Crippen LogP contribution in [0.2, 0.25) is 0 Å². The van der Waals surface area contributed by atoms with E-state index in [0.29, 0.717) is 6.42 Å². The van der Waals surface area contributed by atoms with Crippen molar-refractivity contribution < 1.29 is 14.6 Å². The number of amides is 1. The van der Waals surface area contributed by atoms with Crippen LogP contribution in [0.3, 0.4) is 0 Å².